The Hall–Kier alpha value is -2.03. The third kappa shape index (κ3) is 7.16. The van der Waals surface area contributed by atoms with E-state index in [2.05, 4.69) is 22.5 Å². The van der Waals surface area contributed by atoms with Crippen molar-refractivity contribution in [3.8, 4) is 17.6 Å². The fourth-order valence-electron chi connectivity index (χ4n) is 2.63. The van der Waals surface area contributed by atoms with E-state index in [1.54, 1.807) is 0 Å². The topological polar surface area (TPSA) is 76.4 Å². The first kappa shape index (κ1) is 19.3. The highest BCUT2D eigenvalue weighted by Gasteiger charge is 2.14. The lowest BCUT2D eigenvalue weighted by molar-refractivity contribution is -0.122. The number of benzene rings is 1. The second-order valence-electron chi connectivity index (χ2n) is 6.33. The lowest BCUT2D eigenvalue weighted by Crippen LogP contribution is -2.40. The molecule has 0 saturated carbocycles. The number of hydrogen-bond donors (Lipinski definition) is 3. The number of carbonyl (C=O) groups excluding carboxylic acids is 1. The van der Waals surface area contributed by atoms with Crippen LogP contribution in [0.5, 0.6) is 5.75 Å². The highest BCUT2D eigenvalue weighted by molar-refractivity contribution is 5.81. The molecule has 5 nitrogen and oxygen atoms in total. The van der Waals surface area contributed by atoms with Gasteiger partial charge in [0.1, 0.15) is 11.9 Å². The molecule has 0 unspecified atom stereocenters. The van der Waals surface area contributed by atoms with Crippen molar-refractivity contribution in [2.45, 2.75) is 51.2 Å². The Labute approximate surface area is 150 Å². The van der Waals surface area contributed by atoms with Gasteiger partial charge in [-0.1, -0.05) is 24.8 Å². The van der Waals surface area contributed by atoms with Crippen LogP contribution < -0.4 is 21.1 Å². The molecule has 1 aromatic rings. The van der Waals surface area contributed by atoms with Gasteiger partial charge in [-0.05, 0) is 50.4 Å². The Morgan fingerprint density at radius 2 is 2.40 bits per heavy atom. The molecule has 0 spiro atoms. The largest absolute Gasteiger partial charge is 0.489 e. The Morgan fingerprint density at radius 3 is 3.16 bits per heavy atom. The summed E-state index contributed by atoms with van der Waals surface area (Å²) in [5.74, 6) is 7.10. The number of piperidine rings is 1. The molecule has 0 aromatic heterocycles. The Bertz CT molecular complexity index is 600. The van der Waals surface area contributed by atoms with E-state index in [0.717, 1.165) is 50.1 Å². The van der Waals surface area contributed by atoms with Crippen molar-refractivity contribution < 1.29 is 9.53 Å². The third-order valence-corrected chi connectivity index (χ3v) is 4.18. The van der Waals surface area contributed by atoms with Crippen LogP contribution >= 0.6 is 0 Å². The Morgan fingerprint density at radius 1 is 1.52 bits per heavy atom. The average Bonchev–Trinajstić information content (AvgIpc) is 2.64. The molecule has 1 fully saturated rings. The maximum absolute atomic E-state index is 11.5. The normalized spacial score (nSPS) is 17.9. The summed E-state index contributed by atoms with van der Waals surface area (Å²) in [6.07, 6.45) is 4.70. The number of carbonyl (C=O) groups is 1. The maximum Gasteiger partial charge on any atom is 0.236 e. The van der Waals surface area contributed by atoms with E-state index in [0.29, 0.717) is 13.0 Å². The molecule has 4 N–H and O–H groups in total. The summed E-state index contributed by atoms with van der Waals surface area (Å²) < 4.78 is 6.01. The van der Waals surface area contributed by atoms with Gasteiger partial charge in [-0.15, -0.1) is 0 Å². The van der Waals surface area contributed by atoms with Gasteiger partial charge in [0.2, 0.25) is 5.91 Å². The maximum atomic E-state index is 11.5. The van der Waals surface area contributed by atoms with E-state index >= 15 is 0 Å². The van der Waals surface area contributed by atoms with E-state index in [-0.39, 0.29) is 12.0 Å². The summed E-state index contributed by atoms with van der Waals surface area (Å²) in [5, 5.41) is 6.18. The molecule has 1 heterocycles. The fraction of sp³-hybridized carbons (Fsp3) is 0.550. The van der Waals surface area contributed by atoms with Crippen molar-refractivity contribution in [1.82, 2.24) is 10.6 Å². The van der Waals surface area contributed by atoms with Gasteiger partial charge in [-0.25, -0.2) is 0 Å². The van der Waals surface area contributed by atoms with Gasteiger partial charge in [0.05, 0.1) is 6.04 Å². The van der Waals surface area contributed by atoms with Crippen LogP contribution in [0.2, 0.25) is 0 Å². The first-order valence-electron chi connectivity index (χ1n) is 9.18. The van der Waals surface area contributed by atoms with Crippen LogP contribution in [0.4, 0.5) is 0 Å². The van der Waals surface area contributed by atoms with Crippen LogP contribution in [0.3, 0.4) is 0 Å². The zero-order valence-electron chi connectivity index (χ0n) is 15.0. The second kappa shape index (κ2) is 10.8. The van der Waals surface area contributed by atoms with Gasteiger partial charge in [0, 0.05) is 25.1 Å². The van der Waals surface area contributed by atoms with Crippen molar-refractivity contribution in [2.24, 2.45) is 5.73 Å². The molecule has 136 valence electrons. The number of nitrogens with one attached hydrogen (secondary N) is 2. The van der Waals surface area contributed by atoms with E-state index in [4.69, 9.17) is 10.5 Å². The lowest BCUT2D eigenvalue weighted by Gasteiger charge is -2.23. The molecule has 1 aliphatic rings. The summed E-state index contributed by atoms with van der Waals surface area (Å²) in [4.78, 5) is 11.5. The smallest absolute Gasteiger partial charge is 0.236 e. The first-order valence-corrected chi connectivity index (χ1v) is 9.18. The highest BCUT2D eigenvalue weighted by atomic mass is 16.5. The third-order valence-electron chi connectivity index (χ3n) is 4.18. The van der Waals surface area contributed by atoms with Gasteiger partial charge in [0.15, 0.2) is 0 Å². The van der Waals surface area contributed by atoms with Crippen molar-refractivity contribution in [1.29, 1.82) is 0 Å². The molecule has 5 heteroatoms. The zero-order valence-corrected chi connectivity index (χ0v) is 15.0. The fourth-order valence-corrected chi connectivity index (χ4v) is 2.63. The molecule has 0 bridgehead atoms. The van der Waals surface area contributed by atoms with Crippen LogP contribution in [0.25, 0.3) is 0 Å². The number of unbranched alkanes of at least 4 members (excludes halogenated alkanes) is 1. The standard InChI is InChI=1S/C20H29N3O2/c1-2-19(21)20(24)23-13-5-3-4-8-16-9-6-10-17(14-16)25-18-11-7-12-22-15-18/h6,9-10,14,18-19,22H,2-3,5,7,11-13,15,21H2,1H3,(H,23,24)/t18-,19+/m1/s1. The minimum Gasteiger partial charge on any atom is -0.489 e. The van der Waals surface area contributed by atoms with Crippen LogP contribution in [0.15, 0.2) is 24.3 Å². The van der Waals surface area contributed by atoms with Gasteiger partial charge < -0.3 is 21.1 Å². The Kier molecular flexibility index (Phi) is 8.30. The molecular weight excluding hydrogens is 314 g/mol. The number of hydrogen-bond acceptors (Lipinski definition) is 4. The average molecular weight is 343 g/mol. The zero-order chi connectivity index (χ0) is 17.9. The quantitative estimate of drug-likeness (QED) is 0.521. The summed E-state index contributed by atoms with van der Waals surface area (Å²) in [6, 6.07) is 7.52. The number of amides is 1. The van der Waals surface area contributed by atoms with Crippen LogP contribution in [-0.2, 0) is 4.79 Å². The highest BCUT2D eigenvalue weighted by Crippen LogP contribution is 2.17. The summed E-state index contributed by atoms with van der Waals surface area (Å²) >= 11 is 0. The molecular formula is C20H29N3O2. The van der Waals surface area contributed by atoms with E-state index < -0.39 is 6.04 Å². The van der Waals surface area contributed by atoms with Gasteiger partial charge >= 0.3 is 0 Å². The minimum absolute atomic E-state index is 0.0856. The predicted molar refractivity (Wildman–Crippen MR) is 100 cm³/mol. The van der Waals surface area contributed by atoms with Crippen molar-refractivity contribution in [3.05, 3.63) is 29.8 Å². The number of rotatable bonds is 7. The molecule has 1 aliphatic heterocycles. The molecule has 2 atom stereocenters. The van der Waals surface area contributed by atoms with E-state index in [1.165, 1.54) is 0 Å². The van der Waals surface area contributed by atoms with Crippen LogP contribution in [0, 0.1) is 11.8 Å². The summed E-state index contributed by atoms with van der Waals surface area (Å²) in [7, 11) is 0. The SMILES string of the molecule is CC[C@H](N)C(=O)NCCCC#Cc1cccc(O[C@@H]2CCCNC2)c1. The molecule has 0 aliphatic carbocycles. The Balaban J connectivity index is 1.72. The first-order chi connectivity index (χ1) is 12.2. The molecule has 1 aromatic carbocycles. The van der Waals surface area contributed by atoms with Gasteiger partial charge in [0.25, 0.3) is 0 Å². The summed E-state index contributed by atoms with van der Waals surface area (Å²) in [6.45, 7) is 4.50. The van der Waals surface area contributed by atoms with Crippen molar-refractivity contribution in [2.75, 3.05) is 19.6 Å². The number of ether oxygens (including phenoxy) is 1. The monoisotopic (exact) mass is 343 g/mol. The van der Waals surface area contributed by atoms with Crippen molar-refractivity contribution in [3.63, 3.8) is 0 Å². The van der Waals surface area contributed by atoms with Crippen molar-refractivity contribution >= 4 is 5.91 Å². The molecule has 1 amide bonds. The summed E-state index contributed by atoms with van der Waals surface area (Å²) in [5.41, 5.74) is 6.62. The predicted octanol–water partition coefficient (Wildman–Crippen LogP) is 1.80. The van der Waals surface area contributed by atoms with Crippen LogP contribution in [0.1, 0.15) is 44.6 Å². The molecule has 1 saturated heterocycles. The van der Waals surface area contributed by atoms with E-state index in [9.17, 15) is 4.79 Å². The molecule has 2 rings (SSSR count). The molecule has 0 radical (unpaired) electrons. The lowest BCUT2D eigenvalue weighted by atomic mass is 10.1. The van der Waals surface area contributed by atoms with Crippen LogP contribution in [-0.4, -0.2) is 37.7 Å². The second-order valence-corrected chi connectivity index (χ2v) is 6.33. The van der Waals surface area contributed by atoms with Gasteiger partial charge in [-0.2, -0.15) is 0 Å². The minimum atomic E-state index is -0.409. The van der Waals surface area contributed by atoms with E-state index in [1.807, 2.05) is 31.2 Å². The van der Waals surface area contributed by atoms with Gasteiger partial charge in [-0.3, -0.25) is 4.79 Å². The number of nitrogens with two attached hydrogens (primary N) is 1. The molecule has 25 heavy (non-hydrogen) atoms.